The molecule has 0 bridgehead atoms. The summed E-state index contributed by atoms with van der Waals surface area (Å²) in [6.45, 7) is 8.29. The van der Waals surface area contributed by atoms with Gasteiger partial charge in [-0.25, -0.2) is 4.98 Å². The number of nitrogens with one attached hydrogen (secondary N) is 2. The Balaban J connectivity index is 1.40. The lowest BCUT2D eigenvalue weighted by molar-refractivity contribution is -0.131. The Bertz CT molecular complexity index is 836. The summed E-state index contributed by atoms with van der Waals surface area (Å²) in [4.78, 5) is 25.4. The Morgan fingerprint density at radius 1 is 1.16 bits per heavy atom. The van der Waals surface area contributed by atoms with Crippen molar-refractivity contribution in [2.45, 2.75) is 39.7 Å². The number of aromatic nitrogens is 2. The fourth-order valence-corrected chi connectivity index (χ4v) is 3.70. The van der Waals surface area contributed by atoms with Crippen molar-refractivity contribution in [3.8, 4) is 0 Å². The van der Waals surface area contributed by atoms with Crippen molar-refractivity contribution < 1.29 is 9.32 Å². The van der Waals surface area contributed by atoms with E-state index in [9.17, 15) is 4.79 Å². The van der Waals surface area contributed by atoms with Crippen LogP contribution in [0.15, 0.2) is 33.9 Å². The molecule has 1 aliphatic rings. The molecule has 9 nitrogen and oxygen atoms in total. The van der Waals surface area contributed by atoms with E-state index in [1.807, 2.05) is 23.1 Å². The van der Waals surface area contributed by atoms with Crippen LogP contribution in [-0.2, 0) is 24.2 Å². The molecule has 1 fully saturated rings. The van der Waals surface area contributed by atoms with Crippen molar-refractivity contribution in [1.29, 1.82) is 0 Å². The number of carbonyl (C=O) groups is 1. The molecule has 3 heterocycles. The molecule has 0 saturated carbocycles. The van der Waals surface area contributed by atoms with Gasteiger partial charge < -0.3 is 25.0 Å². The fourth-order valence-electron chi connectivity index (χ4n) is 3.70. The lowest BCUT2D eigenvalue weighted by atomic mass is 10.1. The van der Waals surface area contributed by atoms with Crippen molar-refractivity contribution in [2.24, 2.45) is 4.99 Å². The van der Waals surface area contributed by atoms with E-state index in [1.54, 1.807) is 13.2 Å². The van der Waals surface area contributed by atoms with Crippen LogP contribution in [0.5, 0.6) is 0 Å². The SMILES string of the molecule is CCc1noc(CC)c1CNC(=NC)NCCC(=O)N1CCN(c2ccccn2)CC1. The molecule has 0 aromatic carbocycles. The molecule has 0 atom stereocenters. The summed E-state index contributed by atoms with van der Waals surface area (Å²) in [5, 5.41) is 10.7. The fraction of sp³-hybridized carbons (Fsp3) is 0.545. The van der Waals surface area contributed by atoms with Crippen LogP contribution in [0, 0.1) is 0 Å². The van der Waals surface area contributed by atoms with Gasteiger partial charge in [-0.3, -0.25) is 9.79 Å². The predicted octanol–water partition coefficient (Wildman–Crippen LogP) is 1.60. The zero-order valence-corrected chi connectivity index (χ0v) is 18.7. The van der Waals surface area contributed by atoms with Gasteiger partial charge in [-0.2, -0.15) is 0 Å². The minimum Gasteiger partial charge on any atom is -0.361 e. The Hall–Kier alpha value is -3.10. The van der Waals surface area contributed by atoms with E-state index < -0.39 is 0 Å². The van der Waals surface area contributed by atoms with Gasteiger partial charge in [-0.15, -0.1) is 0 Å². The van der Waals surface area contributed by atoms with Gasteiger partial charge >= 0.3 is 0 Å². The van der Waals surface area contributed by atoms with Crippen molar-refractivity contribution in [1.82, 2.24) is 25.7 Å². The van der Waals surface area contributed by atoms with Crippen LogP contribution in [0.3, 0.4) is 0 Å². The zero-order valence-electron chi connectivity index (χ0n) is 18.7. The molecular formula is C22H33N7O2. The van der Waals surface area contributed by atoms with E-state index in [2.05, 4.69) is 44.5 Å². The molecule has 3 rings (SSSR count). The van der Waals surface area contributed by atoms with Crippen molar-refractivity contribution in [2.75, 3.05) is 44.7 Å². The number of anilines is 1. The average Bonchev–Trinajstić information content (AvgIpc) is 3.23. The quantitative estimate of drug-likeness (QED) is 0.488. The molecule has 2 N–H and O–H groups in total. The van der Waals surface area contributed by atoms with E-state index in [0.717, 1.165) is 61.9 Å². The van der Waals surface area contributed by atoms with Gasteiger partial charge in [0.15, 0.2) is 5.96 Å². The number of piperazine rings is 1. The zero-order chi connectivity index (χ0) is 22.1. The van der Waals surface area contributed by atoms with Crippen LogP contribution < -0.4 is 15.5 Å². The van der Waals surface area contributed by atoms with E-state index in [1.165, 1.54) is 0 Å². The first kappa shape index (κ1) is 22.6. The maximum absolute atomic E-state index is 12.6. The Labute approximate surface area is 183 Å². The van der Waals surface area contributed by atoms with Crippen LogP contribution in [0.1, 0.15) is 37.3 Å². The third-order valence-corrected chi connectivity index (χ3v) is 5.50. The number of aliphatic imine (C=N–C) groups is 1. The first-order valence-electron chi connectivity index (χ1n) is 11.0. The van der Waals surface area contributed by atoms with Crippen molar-refractivity contribution in [3.63, 3.8) is 0 Å². The number of hydrogen-bond acceptors (Lipinski definition) is 6. The number of carbonyl (C=O) groups excluding carboxylic acids is 1. The monoisotopic (exact) mass is 427 g/mol. The highest BCUT2D eigenvalue weighted by molar-refractivity contribution is 5.81. The Kier molecular flexibility index (Phi) is 8.26. The molecule has 0 unspecified atom stereocenters. The number of hydrogen-bond donors (Lipinski definition) is 2. The number of pyridine rings is 1. The molecule has 2 aromatic rings. The smallest absolute Gasteiger partial charge is 0.224 e. The van der Waals surface area contributed by atoms with Gasteiger partial charge in [0.1, 0.15) is 11.6 Å². The molecule has 1 saturated heterocycles. The first-order valence-corrected chi connectivity index (χ1v) is 11.0. The van der Waals surface area contributed by atoms with E-state index >= 15 is 0 Å². The lowest BCUT2D eigenvalue weighted by Gasteiger charge is -2.35. The summed E-state index contributed by atoms with van der Waals surface area (Å²) in [5.41, 5.74) is 2.06. The second kappa shape index (κ2) is 11.3. The molecular weight excluding hydrogens is 394 g/mol. The second-order valence-electron chi connectivity index (χ2n) is 7.40. The molecule has 9 heteroatoms. The van der Waals surface area contributed by atoms with E-state index in [-0.39, 0.29) is 5.91 Å². The van der Waals surface area contributed by atoms with E-state index in [0.29, 0.717) is 25.5 Å². The van der Waals surface area contributed by atoms with Gasteiger partial charge in [0.2, 0.25) is 5.91 Å². The average molecular weight is 428 g/mol. The van der Waals surface area contributed by atoms with Gasteiger partial charge in [-0.05, 0) is 18.6 Å². The molecule has 1 aliphatic heterocycles. The number of nitrogens with zero attached hydrogens (tertiary/aromatic N) is 5. The van der Waals surface area contributed by atoms with Gasteiger partial charge in [-0.1, -0.05) is 25.1 Å². The third kappa shape index (κ3) is 5.96. The number of aryl methyl sites for hydroxylation is 2. The summed E-state index contributed by atoms with van der Waals surface area (Å²) < 4.78 is 5.41. The van der Waals surface area contributed by atoms with Crippen LogP contribution >= 0.6 is 0 Å². The molecule has 168 valence electrons. The number of rotatable bonds is 8. The first-order chi connectivity index (χ1) is 15.2. The Morgan fingerprint density at radius 2 is 1.97 bits per heavy atom. The summed E-state index contributed by atoms with van der Waals surface area (Å²) in [6.07, 6.45) is 3.86. The highest BCUT2D eigenvalue weighted by Gasteiger charge is 2.21. The largest absolute Gasteiger partial charge is 0.361 e. The van der Waals surface area contributed by atoms with Crippen molar-refractivity contribution >= 4 is 17.7 Å². The molecule has 31 heavy (non-hydrogen) atoms. The minimum absolute atomic E-state index is 0.157. The van der Waals surface area contributed by atoms with Gasteiger partial charge in [0.25, 0.3) is 0 Å². The Morgan fingerprint density at radius 3 is 2.61 bits per heavy atom. The van der Waals surface area contributed by atoms with Crippen LogP contribution in [-0.4, -0.2) is 66.7 Å². The van der Waals surface area contributed by atoms with Crippen LogP contribution in [0.4, 0.5) is 5.82 Å². The molecule has 2 aromatic heterocycles. The minimum atomic E-state index is 0.157. The summed E-state index contributed by atoms with van der Waals surface area (Å²) >= 11 is 0. The normalized spacial score (nSPS) is 14.6. The number of guanidine groups is 1. The topological polar surface area (TPSA) is 98.9 Å². The number of amides is 1. The maximum Gasteiger partial charge on any atom is 0.224 e. The van der Waals surface area contributed by atoms with Gasteiger partial charge in [0, 0.05) is 70.9 Å². The molecule has 1 amide bonds. The van der Waals surface area contributed by atoms with E-state index in [4.69, 9.17) is 4.52 Å². The predicted molar refractivity (Wildman–Crippen MR) is 121 cm³/mol. The van der Waals surface area contributed by atoms with Crippen LogP contribution in [0.2, 0.25) is 0 Å². The maximum atomic E-state index is 12.6. The highest BCUT2D eigenvalue weighted by atomic mass is 16.5. The van der Waals surface area contributed by atoms with Crippen molar-refractivity contribution in [3.05, 3.63) is 41.4 Å². The standard InChI is InChI=1S/C22H33N7O2/c1-4-18-17(19(5-2)31-27-18)16-26-22(23-3)25-11-9-21(30)29-14-12-28(13-15-29)20-8-6-7-10-24-20/h6-8,10H,4-5,9,11-16H2,1-3H3,(H2,23,25,26). The van der Waals surface area contributed by atoms with Crippen LogP contribution in [0.25, 0.3) is 0 Å². The third-order valence-electron chi connectivity index (χ3n) is 5.50. The summed E-state index contributed by atoms with van der Waals surface area (Å²) in [5.74, 6) is 2.69. The summed E-state index contributed by atoms with van der Waals surface area (Å²) in [6, 6.07) is 5.91. The van der Waals surface area contributed by atoms with Gasteiger partial charge in [0.05, 0.1) is 5.69 Å². The highest BCUT2D eigenvalue weighted by Crippen LogP contribution is 2.15. The molecule has 0 radical (unpaired) electrons. The second-order valence-corrected chi connectivity index (χ2v) is 7.40. The summed E-state index contributed by atoms with van der Waals surface area (Å²) in [7, 11) is 1.73. The lowest BCUT2D eigenvalue weighted by Crippen LogP contribution is -2.49. The molecule has 0 aliphatic carbocycles. The molecule has 0 spiro atoms.